The number of rotatable bonds is 2. The summed E-state index contributed by atoms with van der Waals surface area (Å²) in [6.07, 6.45) is 1.89. The van der Waals surface area contributed by atoms with Crippen LogP contribution in [0, 0.1) is 0 Å². The van der Waals surface area contributed by atoms with Crippen molar-refractivity contribution in [1.29, 1.82) is 0 Å². The molecule has 0 amide bonds. The van der Waals surface area contributed by atoms with E-state index in [-0.39, 0.29) is 0 Å². The van der Waals surface area contributed by atoms with E-state index in [0.29, 0.717) is 0 Å². The molecule has 2 nitrogen and oxygen atoms in total. The first-order chi connectivity index (χ1) is 11.0. The van der Waals surface area contributed by atoms with E-state index in [9.17, 15) is 0 Å². The Morgan fingerprint density at radius 2 is 1.61 bits per heavy atom. The standard InChI is InChI=1S/C20H19NOSi/c1-23(2,3)19-9-6-12-21-20(19)14-10-11-18-16(13-14)15-7-4-5-8-17(15)22-18/h4-13H,1-3H3. The summed E-state index contributed by atoms with van der Waals surface area (Å²) in [4.78, 5) is 4.69. The van der Waals surface area contributed by atoms with Crippen molar-refractivity contribution in [3.63, 3.8) is 0 Å². The van der Waals surface area contributed by atoms with Gasteiger partial charge in [0.1, 0.15) is 11.2 Å². The number of hydrogen-bond donors (Lipinski definition) is 0. The van der Waals surface area contributed by atoms with E-state index < -0.39 is 8.07 Å². The Balaban J connectivity index is 1.99. The molecule has 2 heterocycles. The van der Waals surface area contributed by atoms with Crippen molar-refractivity contribution in [3.05, 3.63) is 60.8 Å². The zero-order chi connectivity index (χ0) is 16.0. The summed E-state index contributed by atoms with van der Waals surface area (Å²) in [6.45, 7) is 7.08. The quantitative estimate of drug-likeness (QED) is 0.475. The van der Waals surface area contributed by atoms with Crippen molar-refractivity contribution < 1.29 is 4.42 Å². The number of nitrogens with zero attached hydrogens (tertiary/aromatic N) is 1. The van der Waals surface area contributed by atoms with Crippen LogP contribution >= 0.6 is 0 Å². The average Bonchev–Trinajstić information content (AvgIpc) is 2.92. The van der Waals surface area contributed by atoms with Gasteiger partial charge >= 0.3 is 0 Å². The molecule has 0 aliphatic carbocycles. The van der Waals surface area contributed by atoms with E-state index in [4.69, 9.17) is 9.40 Å². The molecule has 3 heteroatoms. The van der Waals surface area contributed by atoms with Crippen LogP contribution in [0.25, 0.3) is 33.2 Å². The maximum atomic E-state index is 5.93. The predicted octanol–water partition coefficient (Wildman–Crippen LogP) is 5.19. The second-order valence-electron chi connectivity index (χ2n) is 6.96. The van der Waals surface area contributed by atoms with E-state index in [1.54, 1.807) is 0 Å². The normalized spacial score (nSPS) is 12.1. The highest BCUT2D eigenvalue weighted by Crippen LogP contribution is 2.31. The summed E-state index contributed by atoms with van der Waals surface area (Å²) in [5.41, 5.74) is 4.15. The summed E-state index contributed by atoms with van der Waals surface area (Å²) in [7, 11) is -1.45. The number of furan rings is 1. The molecule has 114 valence electrons. The first-order valence-electron chi connectivity index (χ1n) is 7.91. The molecule has 0 aliphatic rings. The first kappa shape index (κ1) is 14.2. The van der Waals surface area contributed by atoms with Crippen LogP contribution in [0.3, 0.4) is 0 Å². The number of aromatic nitrogens is 1. The Morgan fingerprint density at radius 3 is 2.43 bits per heavy atom. The molecular formula is C20H19NOSi. The van der Waals surface area contributed by atoms with Crippen molar-refractivity contribution in [2.24, 2.45) is 0 Å². The van der Waals surface area contributed by atoms with E-state index in [2.05, 4.69) is 56.0 Å². The highest BCUT2D eigenvalue weighted by molar-refractivity contribution is 6.89. The lowest BCUT2D eigenvalue weighted by Crippen LogP contribution is -2.39. The minimum atomic E-state index is -1.45. The van der Waals surface area contributed by atoms with Gasteiger partial charge in [0.15, 0.2) is 0 Å². The molecule has 0 saturated heterocycles. The zero-order valence-electron chi connectivity index (χ0n) is 13.6. The van der Waals surface area contributed by atoms with E-state index in [0.717, 1.165) is 27.6 Å². The number of fused-ring (bicyclic) bond motifs is 3. The minimum absolute atomic E-state index is 0.931. The van der Waals surface area contributed by atoms with E-state index >= 15 is 0 Å². The number of para-hydroxylation sites is 1. The topological polar surface area (TPSA) is 26.0 Å². The molecule has 0 unspecified atom stereocenters. The second kappa shape index (κ2) is 5.07. The maximum Gasteiger partial charge on any atom is 0.135 e. The lowest BCUT2D eigenvalue weighted by Gasteiger charge is -2.20. The minimum Gasteiger partial charge on any atom is -0.456 e. The van der Waals surface area contributed by atoms with Crippen molar-refractivity contribution in [3.8, 4) is 11.3 Å². The van der Waals surface area contributed by atoms with E-state index in [1.807, 2.05) is 24.4 Å². The Kier molecular flexibility index (Phi) is 3.13. The number of hydrogen-bond acceptors (Lipinski definition) is 2. The molecule has 0 fully saturated rings. The van der Waals surface area contributed by atoms with Crippen molar-refractivity contribution in [2.45, 2.75) is 19.6 Å². The maximum absolute atomic E-state index is 5.93. The van der Waals surface area contributed by atoms with Gasteiger partial charge in [0.05, 0.1) is 13.8 Å². The van der Waals surface area contributed by atoms with Crippen LogP contribution in [0.2, 0.25) is 19.6 Å². The summed E-state index contributed by atoms with van der Waals surface area (Å²) >= 11 is 0. The SMILES string of the molecule is C[Si](C)(C)c1cccnc1-c1ccc2oc3ccccc3c2c1. The van der Waals surface area contributed by atoms with Crippen LogP contribution in [0.15, 0.2) is 65.2 Å². The Bertz CT molecular complexity index is 1010. The summed E-state index contributed by atoms with van der Waals surface area (Å²) in [5, 5.41) is 3.72. The third-order valence-electron chi connectivity index (χ3n) is 4.27. The van der Waals surface area contributed by atoms with Crippen molar-refractivity contribution in [2.75, 3.05) is 0 Å². The van der Waals surface area contributed by atoms with Crippen LogP contribution in [-0.2, 0) is 0 Å². The van der Waals surface area contributed by atoms with Crippen LogP contribution in [0.5, 0.6) is 0 Å². The fraction of sp³-hybridized carbons (Fsp3) is 0.150. The molecular weight excluding hydrogens is 298 g/mol. The second-order valence-corrected chi connectivity index (χ2v) is 12.0. The molecule has 2 aromatic heterocycles. The molecule has 0 aliphatic heterocycles. The number of benzene rings is 2. The van der Waals surface area contributed by atoms with Gasteiger partial charge in [-0.2, -0.15) is 0 Å². The Morgan fingerprint density at radius 1 is 0.826 bits per heavy atom. The van der Waals surface area contributed by atoms with Gasteiger partial charge in [-0.05, 0) is 35.5 Å². The predicted molar refractivity (Wildman–Crippen MR) is 99.9 cm³/mol. The summed E-state index contributed by atoms with van der Waals surface area (Å²) < 4.78 is 5.93. The molecule has 4 rings (SSSR count). The fourth-order valence-corrected chi connectivity index (χ4v) is 4.63. The Hall–Kier alpha value is -2.39. The van der Waals surface area contributed by atoms with Gasteiger partial charge in [0, 0.05) is 22.5 Å². The van der Waals surface area contributed by atoms with Crippen molar-refractivity contribution >= 4 is 35.2 Å². The lowest BCUT2D eigenvalue weighted by atomic mass is 10.1. The van der Waals surface area contributed by atoms with Crippen molar-refractivity contribution in [1.82, 2.24) is 4.98 Å². The van der Waals surface area contributed by atoms with Crippen LogP contribution < -0.4 is 5.19 Å². The average molecular weight is 317 g/mol. The highest BCUT2D eigenvalue weighted by atomic mass is 28.3. The van der Waals surface area contributed by atoms with Crippen LogP contribution in [0.1, 0.15) is 0 Å². The molecule has 23 heavy (non-hydrogen) atoms. The van der Waals surface area contributed by atoms with E-state index in [1.165, 1.54) is 10.8 Å². The highest BCUT2D eigenvalue weighted by Gasteiger charge is 2.21. The lowest BCUT2D eigenvalue weighted by molar-refractivity contribution is 0.669. The van der Waals surface area contributed by atoms with Gasteiger partial charge in [-0.3, -0.25) is 4.98 Å². The van der Waals surface area contributed by atoms with Gasteiger partial charge < -0.3 is 4.42 Å². The van der Waals surface area contributed by atoms with Crippen LogP contribution in [-0.4, -0.2) is 13.1 Å². The molecule has 0 bridgehead atoms. The molecule has 0 atom stereocenters. The third kappa shape index (κ3) is 2.37. The summed E-state index contributed by atoms with van der Waals surface area (Å²) in [6, 6.07) is 18.9. The summed E-state index contributed by atoms with van der Waals surface area (Å²) in [5.74, 6) is 0. The molecule has 0 saturated carbocycles. The van der Waals surface area contributed by atoms with Gasteiger partial charge in [0.2, 0.25) is 0 Å². The Labute approximate surface area is 136 Å². The first-order valence-corrected chi connectivity index (χ1v) is 11.4. The van der Waals surface area contributed by atoms with Gasteiger partial charge in [-0.15, -0.1) is 0 Å². The molecule has 2 aromatic carbocycles. The monoisotopic (exact) mass is 317 g/mol. The van der Waals surface area contributed by atoms with Gasteiger partial charge in [-0.25, -0.2) is 0 Å². The number of pyridine rings is 1. The molecule has 0 N–H and O–H groups in total. The fourth-order valence-electron chi connectivity index (χ4n) is 3.11. The zero-order valence-corrected chi connectivity index (χ0v) is 14.6. The van der Waals surface area contributed by atoms with Gasteiger partial charge in [0.25, 0.3) is 0 Å². The van der Waals surface area contributed by atoms with Crippen LogP contribution in [0.4, 0.5) is 0 Å². The molecule has 4 aromatic rings. The molecule has 0 radical (unpaired) electrons. The third-order valence-corrected chi connectivity index (χ3v) is 6.29. The largest absolute Gasteiger partial charge is 0.456 e. The van der Waals surface area contributed by atoms with Gasteiger partial charge in [-0.1, -0.05) is 43.9 Å². The molecule has 0 spiro atoms. The smallest absolute Gasteiger partial charge is 0.135 e.